The Hall–Kier alpha value is -1.14. The Kier molecular flexibility index (Phi) is 1.34. The Morgan fingerprint density at radius 2 is 2.00 bits per heavy atom. The molecule has 56 valence electrons. The zero-order valence-electron chi connectivity index (χ0n) is 4.92. The number of imide groups is 1. The van der Waals surface area contributed by atoms with E-state index in [0.717, 1.165) is 0 Å². The molecule has 0 aromatic heterocycles. The first-order valence-electron chi connectivity index (χ1n) is 2.56. The molecule has 4 N–H and O–H groups in total. The van der Waals surface area contributed by atoms with Gasteiger partial charge in [-0.1, -0.05) is 0 Å². The molecular weight excluding hydrogens is 140 g/mol. The molecule has 0 atom stereocenters. The van der Waals surface area contributed by atoms with Crippen LogP contribution in [0.2, 0.25) is 0 Å². The number of urea groups is 1. The van der Waals surface area contributed by atoms with Crippen molar-refractivity contribution in [2.24, 2.45) is 0 Å². The van der Waals surface area contributed by atoms with Gasteiger partial charge in [0.05, 0.1) is 6.54 Å². The first kappa shape index (κ1) is 6.97. The van der Waals surface area contributed by atoms with Crippen LogP contribution < -0.4 is 10.6 Å². The van der Waals surface area contributed by atoms with Crippen LogP contribution in [0.15, 0.2) is 0 Å². The van der Waals surface area contributed by atoms with E-state index in [-0.39, 0.29) is 0 Å². The molecule has 1 aliphatic rings. The van der Waals surface area contributed by atoms with Crippen LogP contribution in [0, 0.1) is 0 Å². The molecule has 1 heterocycles. The van der Waals surface area contributed by atoms with Gasteiger partial charge >= 0.3 is 6.03 Å². The van der Waals surface area contributed by atoms with E-state index in [1.54, 1.807) is 5.32 Å². The van der Waals surface area contributed by atoms with Gasteiger partial charge in [0.1, 0.15) is 0 Å². The maximum atomic E-state index is 10.5. The Balaban J connectivity index is 2.70. The van der Waals surface area contributed by atoms with E-state index in [2.05, 4.69) is 0 Å². The number of amides is 3. The van der Waals surface area contributed by atoms with Crippen molar-refractivity contribution in [1.29, 1.82) is 0 Å². The fourth-order valence-electron chi connectivity index (χ4n) is 0.531. The van der Waals surface area contributed by atoms with Crippen LogP contribution in [0.5, 0.6) is 0 Å². The number of β-amino-alcohol motifs (C(OH)–C–C–N with tert-alkyl or cyclic N) is 2. The third-order valence-electron chi connectivity index (χ3n) is 1.09. The molecule has 0 bridgehead atoms. The molecule has 0 radical (unpaired) electrons. The van der Waals surface area contributed by atoms with E-state index >= 15 is 0 Å². The quantitative estimate of drug-likeness (QED) is 0.284. The van der Waals surface area contributed by atoms with E-state index in [9.17, 15) is 9.59 Å². The minimum atomic E-state index is -2.46. The molecule has 10 heavy (non-hydrogen) atoms. The van der Waals surface area contributed by atoms with E-state index < -0.39 is 24.3 Å². The molecule has 0 aromatic carbocycles. The standard InChI is InChI=1S/C4H6N2O4/c7-2-4(9,10)1-5-3(8)6-2/h9-10H,1H2,(H2,5,6,7,8). The third kappa shape index (κ3) is 1.07. The summed E-state index contributed by atoms with van der Waals surface area (Å²) in [4.78, 5) is 20.8. The summed E-state index contributed by atoms with van der Waals surface area (Å²) in [6.45, 7) is -0.475. The average molecular weight is 146 g/mol. The van der Waals surface area contributed by atoms with Crippen molar-refractivity contribution >= 4 is 11.9 Å². The molecule has 0 spiro atoms. The van der Waals surface area contributed by atoms with Gasteiger partial charge in [-0.3, -0.25) is 10.1 Å². The maximum absolute atomic E-state index is 10.5. The van der Waals surface area contributed by atoms with Crippen LogP contribution in [0.3, 0.4) is 0 Å². The van der Waals surface area contributed by atoms with Gasteiger partial charge in [0.15, 0.2) is 0 Å². The topological polar surface area (TPSA) is 98.7 Å². The second-order valence-electron chi connectivity index (χ2n) is 1.95. The number of rotatable bonds is 0. The smallest absolute Gasteiger partial charge is 0.321 e. The molecule has 6 nitrogen and oxygen atoms in total. The fraction of sp³-hybridized carbons (Fsp3) is 0.500. The summed E-state index contributed by atoms with van der Waals surface area (Å²) in [5, 5.41) is 21.1. The lowest BCUT2D eigenvalue weighted by atomic mass is 10.2. The van der Waals surface area contributed by atoms with Gasteiger partial charge in [-0.05, 0) is 0 Å². The molecule has 1 fully saturated rings. The van der Waals surface area contributed by atoms with Gasteiger partial charge in [-0.2, -0.15) is 0 Å². The van der Waals surface area contributed by atoms with Crippen LogP contribution in [0.1, 0.15) is 0 Å². The lowest BCUT2D eigenvalue weighted by molar-refractivity contribution is -0.184. The highest BCUT2D eigenvalue weighted by Crippen LogP contribution is 2.00. The number of aliphatic hydroxyl groups is 2. The number of nitrogens with one attached hydrogen (secondary N) is 2. The minimum Gasteiger partial charge on any atom is -0.357 e. The van der Waals surface area contributed by atoms with Crippen molar-refractivity contribution in [3.8, 4) is 0 Å². The predicted molar refractivity (Wildman–Crippen MR) is 28.7 cm³/mol. The summed E-state index contributed by atoms with van der Waals surface area (Å²) in [5.41, 5.74) is 0. The highest BCUT2D eigenvalue weighted by Gasteiger charge is 2.38. The van der Waals surface area contributed by atoms with E-state index in [1.165, 1.54) is 0 Å². The summed E-state index contributed by atoms with van der Waals surface area (Å²) in [6, 6.07) is -0.719. The molecule has 6 heteroatoms. The average Bonchev–Trinajstić information content (AvgIpc) is 1.81. The predicted octanol–water partition coefficient (Wildman–Crippen LogP) is -2.49. The molecule has 1 aliphatic heterocycles. The number of carbonyl (C=O) groups is 2. The van der Waals surface area contributed by atoms with Crippen molar-refractivity contribution in [2.45, 2.75) is 5.79 Å². The summed E-state index contributed by atoms with van der Waals surface area (Å²) in [6.07, 6.45) is 0. The van der Waals surface area contributed by atoms with Crippen molar-refractivity contribution in [2.75, 3.05) is 6.54 Å². The maximum Gasteiger partial charge on any atom is 0.321 e. The molecule has 0 aliphatic carbocycles. The Morgan fingerprint density at radius 3 is 2.40 bits per heavy atom. The fourth-order valence-corrected chi connectivity index (χ4v) is 0.531. The summed E-state index contributed by atoms with van der Waals surface area (Å²) >= 11 is 0. The molecule has 0 saturated carbocycles. The lowest BCUT2D eigenvalue weighted by Crippen LogP contribution is -2.63. The zero-order valence-corrected chi connectivity index (χ0v) is 4.92. The Bertz CT molecular complexity index is 188. The SMILES string of the molecule is O=C1NCC(O)(O)C(=O)N1. The largest absolute Gasteiger partial charge is 0.357 e. The summed E-state index contributed by atoms with van der Waals surface area (Å²) < 4.78 is 0. The van der Waals surface area contributed by atoms with Crippen LogP contribution >= 0.6 is 0 Å². The van der Waals surface area contributed by atoms with Crippen LogP contribution in [-0.4, -0.2) is 34.5 Å². The molecular formula is C4H6N2O4. The molecule has 0 aromatic rings. The monoisotopic (exact) mass is 146 g/mol. The van der Waals surface area contributed by atoms with E-state index in [1.807, 2.05) is 5.32 Å². The summed E-state index contributed by atoms with van der Waals surface area (Å²) in [5.74, 6) is -3.57. The van der Waals surface area contributed by atoms with Crippen molar-refractivity contribution in [3.05, 3.63) is 0 Å². The number of carbonyl (C=O) groups excluding carboxylic acids is 2. The van der Waals surface area contributed by atoms with E-state index in [4.69, 9.17) is 10.2 Å². The lowest BCUT2D eigenvalue weighted by Gasteiger charge is -2.24. The molecule has 3 amide bonds. The third-order valence-corrected chi connectivity index (χ3v) is 1.09. The van der Waals surface area contributed by atoms with Crippen LogP contribution in [-0.2, 0) is 4.79 Å². The molecule has 1 rings (SSSR count). The minimum absolute atomic E-state index is 0.475. The van der Waals surface area contributed by atoms with Gasteiger partial charge in [0, 0.05) is 0 Å². The first-order chi connectivity index (χ1) is 4.52. The normalized spacial score (nSPS) is 23.4. The molecule has 0 unspecified atom stereocenters. The van der Waals surface area contributed by atoms with Crippen molar-refractivity contribution in [1.82, 2.24) is 10.6 Å². The highest BCUT2D eigenvalue weighted by molar-refractivity contribution is 6.00. The van der Waals surface area contributed by atoms with Gasteiger partial charge in [-0.25, -0.2) is 4.79 Å². The van der Waals surface area contributed by atoms with Gasteiger partial charge in [0.25, 0.3) is 11.7 Å². The van der Waals surface area contributed by atoms with Crippen molar-refractivity contribution in [3.63, 3.8) is 0 Å². The van der Waals surface area contributed by atoms with E-state index in [0.29, 0.717) is 0 Å². The van der Waals surface area contributed by atoms with Gasteiger partial charge in [0.2, 0.25) is 0 Å². The highest BCUT2D eigenvalue weighted by atomic mass is 16.5. The zero-order chi connectivity index (χ0) is 7.78. The van der Waals surface area contributed by atoms with Gasteiger partial charge < -0.3 is 15.5 Å². The second kappa shape index (κ2) is 1.93. The summed E-state index contributed by atoms with van der Waals surface area (Å²) in [7, 11) is 0. The molecule has 1 saturated heterocycles. The Morgan fingerprint density at radius 1 is 1.40 bits per heavy atom. The second-order valence-corrected chi connectivity index (χ2v) is 1.95. The van der Waals surface area contributed by atoms with Crippen LogP contribution in [0.4, 0.5) is 4.79 Å². The number of hydrogen-bond acceptors (Lipinski definition) is 4. The van der Waals surface area contributed by atoms with Crippen molar-refractivity contribution < 1.29 is 19.8 Å². The Labute approximate surface area is 55.8 Å². The first-order valence-corrected chi connectivity index (χ1v) is 2.56. The van der Waals surface area contributed by atoms with Crippen LogP contribution in [0.25, 0.3) is 0 Å². The number of hydrogen-bond donors (Lipinski definition) is 4. The van der Waals surface area contributed by atoms with Gasteiger partial charge in [-0.15, -0.1) is 0 Å².